The Labute approximate surface area is 156 Å². The van der Waals surface area contributed by atoms with Gasteiger partial charge in [-0.15, -0.1) is 0 Å². The Bertz CT molecular complexity index is 1170. The van der Waals surface area contributed by atoms with E-state index in [2.05, 4.69) is 25.9 Å². The molecular weight excluding hydrogens is 398 g/mol. The van der Waals surface area contributed by atoms with Gasteiger partial charge in [0.05, 0.1) is 12.1 Å². The highest BCUT2D eigenvalue weighted by atomic mass is 79.9. The van der Waals surface area contributed by atoms with Crippen LogP contribution in [0, 0.1) is 0 Å². The molecule has 26 heavy (non-hydrogen) atoms. The van der Waals surface area contributed by atoms with Crippen molar-refractivity contribution in [2.45, 2.75) is 0 Å². The Morgan fingerprint density at radius 3 is 2.81 bits per heavy atom. The molecule has 0 amide bonds. The maximum Gasteiger partial charge on any atom is 0.349 e. The van der Waals surface area contributed by atoms with Gasteiger partial charge >= 0.3 is 5.63 Å². The summed E-state index contributed by atoms with van der Waals surface area (Å²) in [5, 5.41) is 1.64. The molecule has 2 aromatic heterocycles. The van der Waals surface area contributed by atoms with E-state index in [4.69, 9.17) is 14.9 Å². The molecule has 2 N–H and O–H groups in total. The number of anilines is 1. The topological polar surface area (TPSA) is 91.2 Å². The van der Waals surface area contributed by atoms with Gasteiger partial charge in [0, 0.05) is 16.3 Å². The predicted molar refractivity (Wildman–Crippen MR) is 105 cm³/mol. The van der Waals surface area contributed by atoms with Crippen LogP contribution < -0.4 is 16.1 Å². The summed E-state index contributed by atoms with van der Waals surface area (Å²) in [7, 11) is 0. The van der Waals surface area contributed by atoms with Crippen molar-refractivity contribution in [2.24, 2.45) is 0 Å². The van der Waals surface area contributed by atoms with E-state index in [0.717, 1.165) is 10.9 Å². The van der Waals surface area contributed by atoms with Gasteiger partial charge in [-0.1, -0.05) is 40.2 Å². The zero-order valence-corrected chi connectivity index (χ0v) is 15.2. The lowest BCUT2D eigenvalue weighted by molar-refractivity contribution is 0.345. The molecule has 0 aliphatic rings. The Hall–Kier alpha value is -2.93. The van der Waals surface area contributed by atoms with E-state index in [1.54, 1.807) is 12.1 Å². The average molecular weight is 412 g/mol. The van der Waals surface area contributed by atoms with Crippen LogP contribution >= 0.6 is 15.9 Å². The van der Waals surface area contributed by atoms with Gasteiger partial charge in [0.15, 0.2) is 5.82 Å². The predicted octanol–water partition coefficient (Wildman–Crippen LogP) is 3.76. The molecule has 0 radical (unpaired) electrons. The van der Waals surface area contributed by atoms with Crippen molar-refractivity contribution in [1.82, 2.24) is 9.97 Å². The van der Waals surface area contributed by atoms with Crippen LogP contribution in [0.5, 0.6) is 5.75 Å². The van der Waals surface area contributed by atoms with Gasteiger partial charge in [-0.2, -0.15) is 0 Å². The third kappa shape index (κ3) is 2.90. The summed E-state index contributed by atoms with van der Waals surface area (Å²) in [5.74, 6) is 1.23. The van der Waals surface area contributed by atoms with Crippen LogP contribution in [-0.4, -0.2) is 21.9 Å². The molecule has 0 aliphatic heterocycles. The minimum atomic E-state index is -0.544. The molecule has 2 aromatic carbocycles. The quantitative estimate of drug-likeness (QED) is 0.312. The molecule has 0 bridgehead atoms. The maximum atomic E-state index is 12.3. The zero-order chi connectivity index (χ0) is 18.1. The molecule has 130 valence electrons. The molecule has 2 heterocycles. The first-order valence-corrected chi connectivity index (χ1v) is 9.08. The highest BCUT2D eigenvalue weighted by Crippen LogP contribution is 2.28. The third-order valence-corrected chi connectivity index (χ3v) is 4.25. The fourth-order valence-electron chi connectivity index (χ4n) is 2.79. The smallest absolute Gasteiger partial charge is 0.349 e. The first-order valence-electron chi connectivity index (χ1n) is 7.95. The minimum Gasteiger partial charge on any atom is -0.493 e. The second-order valence-corrected chi connectivity index (χ2v) is 6.40. The van der Waals surface area contributed by atoms with E-state index >= 15 is 0 Å². The number of benzene rings is 2. The van der Waals surface area contributed by atoms with Gasteiger partial charge in [-0.3, -0.25) is 0 Å². The standard InChI is InChI=1S/C19H14BrN3O3/c20-8-9-25-12-5-3-4-11(10-12)18-22-16-13-6-1-2-7-14(13)26-19(24)15(16)17(21)23-18/h1-7,10H,8-9H2,(H2,21,22,23). The lowest BCUT2D eigenvalue weighted by Crippen LogP contribution is -2.08. The van der Waals surface area contributed by atoms with Crippen molar-refractivity contribution in [3.05, 3.63) is 59.0 Å². The lowest BCUT2D eigenvalue weighted by atomic mass is 10.1. The van der Waals surface area contributed by atoms with Crippen LogP contribution in [0.15, 0.2) is 57.7 Å². The van der Waals surface area contributed by atoms with Crippen molar-refractivity contribution < 1.29 is 9.15 Å². The Morgan fingerprint density at radius 2 is 1.96 bits per heavy atom. The SMILES string of the molecule is Nc1nc(-c2cccc(OCCBr)c2)nc2c1c(=O)oc1ccccc12. The molecule has 0 saturated carbocycles. The van der Waals surface area contributed by atoms with E-state index < -0.39 is 5.63 Å². The molecule has 4 aromatic rings. The van der Waals surface area contributed by atoms with Crippen molar-refractivity contribution in [2.75, 3.05) is 17.7 Å². The zero-order valence-electron chi connectivity index (χ0n) is 13.6. The molecule has 6 nitrogen and oxygen atoms in total. The Kier molecular flexibility index (Phi) is 4.30. The summed E-state index contributed by atoms with van der Waals surface area (Å²) < 4.78 is 11.0. The summed E-state index contributed by atoms with van der Waals surface area (Å²) in [4.78, 5) is 21.2. The molecule has 4 rings (SSSR count). The van der Waals surface area contributed by atoms with Crippen LogP contribution in [0.3, 0.4) is 0 Å². The molecule has 7 heteroatoms. The van der Waals surface area contributed by atoms with Crippen LogP contribution in [-0.2, 0) is 0 Å². The fourth-order valence-corrected chi connectivity index (χ4v) is 2.95. The highest BCUT2D eigenvalue weighted by Gasteiger charge is 2.15. The summed E-state index contributed by atoms with van der Waals surface area (Å²) in [6.07, 6.45) is 0. The van der Waals surface area contributed by atoms with Crippen molar-refractivity contribution in [1.29, 1.82) is 0 Å². The summed E-state index contributed by atoms with van der Waals surface area (Å²) >= 11 is 3.33. The van der Waals surface area contributed by atoms with Gasteiger partial charge in [-0.25, -0.2) is 14.8 Å². The van der Waals surface area contributed by atoms with Crippen LogP contribution in [0.2, 0.25) is 0 Å². The number of hydrogen-bond donors (Lipinski definition) is 1. The molecule has 0 fully saturated rings. The Morgan fingerprint density at radius 1 is 1.12 bits per heavy atom. The number of nitrogens with zero attached hydrogens (tertiary/aromatic N) is 2. The number of aromatic nitrogens is 2. The highest BCUT2D eigenvalue weighted by molar-refractivity contribution is 9.09. The van der Waals surface area contributed by atoms with Crippen molar-refractivity contribution in [3.63, 3.8) is 0 Å². The van der Waals surface area contributed by atoms with Gasteiger partial charge in [0.1, 0.15) is 22.5 Å². The van der Waals surface area contributed by atoms with Gasteiger partial charge < -0.3 is 14.9 Å². The van der Waals surface area contributed by atoms with Crippen LogP contribution in [0.25, 0.3) is 33.3 Å². The molecule has 0 atom stereocenters. The molecule has 0 unspecified atom stereocenters. The number of hydrogen-bond acceptors (Lipinski definition) is 6. The van der Waals surface area contributed by atoms with Gasteiger partial charge in [0.2, 0.25) is 0 Å². The van der Waals surface area contributed by atoms with E-state index in [1.807, 2.05) is 36.4 Å². The normalized spacial score (nSPS) is 11.1. The summed E-state index contributed by atoms with van der Waals surface area (Å²) in [5.41, 5.74) is 7.20. The van der Waals surface area contributed by atoms with Crippen LogP contribution in [0.4, 0.5) is 5.82 Å². The first-order chi connectivity index (χ1) is 12.7. The minimum absolute atomic E-state index is 0.0938. The average Bonchev–Trinajstić information content (AvgIpc) is 2.66. The van der Waals surface area contributed by atoms with E-state index in [-0.39, 0.29) is 11.2 Å². The number of fused-ring (bicyclic) bond motifs is 3. The number of ether oxygens (including phenoxy) is 1. The van der Waals surface area contributed by atoms with Crippen LogP contribution in [0.1, 0.15) is 0 Å². The third-order valence-electron chi connectivity index (χ3n) is 3.92. The second-order valence-electron chi connectivity index (χ2n) is 5.61. The number of para-hydroxylation sites is 1. The summed E-state index contributed by atoms with van der Waals surface area (Å²) in [6, 6.07) is 14.7. The molecule has 0 spiro atoms. The fraction of sp³-hybridized carbons (Fsp3) is 0.105. The largest absolute Gasteiger partial charge is 0.493 e. The van der Waals surface area contributed by atoms with Gasteiger partial charge in [0.25, 0.3) is 0 Å². The number of nitrogens with two attached hydrogens (primary N) is 1. The van der Waals surface area contributed by atoms with Crippen molar-refractivity contribution >= 4 is 43.6 Å². The number of nitrogen functional groups attached to an aromatic ring is 1. The molecule has 0 saturated heterocycles. The van der Waals surface area contributed by atoms with E-state index in [0.29, 0.717) is 34.7 Å². The van der Waals surface area contributed by atoms with E-state index in [1.165, 1.54) is 0 Å². The lowest BCUT2D eigenvalue weighted by Gasteiger charge is -2.09. The Balaban J connectivity index is 1.95. The maximum absolute atomic E-state index is 12.3. The monoisotopic (exact) mass is 411 g/mol. The molecule has 0 aliphatic carbocycles. The second kappa shape index (κ2) is 6.76. The summed E-state index contributed by atoms with van der Waals surface area (Å²) in [6.45, 7) is 0.551. The number of halogens is 1. The number of rotatable bonds is 4. The number of alkyl halides is 1. The molecular formula is C19H14BrN3O3. The van der Waals surface area contributed by atoms with E-state index in [9.17, 15) is 4.79 Å². The van der Waals surface area contributed by atoms with Crippen molar-refractivity contribution in [3.8, 4) is 17.1 Å². The van der Waals surface area contributed by atoms with Gasteiger partial charge in [-0.05, 0) is 24.3 Å². The first kappa shape index (κ1) is 16.5.